The van der Waals surface area contributed by atoms with Gasteiger partial charge in [0.05, 0.1) is 12.7 Å². The van der Waals surface area contributed by atoms with Gasteiger partial charge in [0.1, 0.15) is 5.84 Å². The van der Waals surface area contributed by atoms with E-state index in [1.54, 1.807) is 11.8 Å². The molecule has 2 aliphatic heterocycles. The normalized spacial score (nSPS) is 24.1. The van der Waals surface area contributed by atoms with Crippen molar-refractivity contribution in [1.82, 2.24) is 14.7 Å². The van der Waals surface area contributed by atoms with Crippen LogP contribution < -0.4 is 10.6 Å². The van der Waals surface area contributed by atoms with Crippen LogP contribution in [0.4, 0.5) is 5.69 Å². The third kappa shape index (κ3) is 6.80. The zero-order valence-corrected chi connectivity index (χ0v) is 26.3. The first-order valence-electron chi connectivity index (χ1n) is 15.9. The number of aryl methyl sites for hydroxylation is 1. The fourth-order valence-electron chi connectivity index (χ4n) is 6.92. The molecule has 3 heterocycles. The fraction of sp³-hybridized carbons (Fsp3) is 0.514. The van der Waals surface area contributed by atoms with Crippen molar-refractivity contribution >= 4 is 17.4 Å². The summed E-state index contributed by atoms with van der Waals surface area (Å²) in [4.78, 5) is 16.1. The number of amides is 1. The lowest BCUT2D eigenvalue weighted by Crippen LogP contribution is -2.50. The van der Waals surface area contributed by atoms with E-state index in [4.69, 9.17) is 10.5 Å². The number of nitrogens with two attached hydrogens (primary N) is 1. The van der Waals surface area contributed by atoms with Gasteiger partial charge >= 0.3 is 0 Å². The van der Waals surface area contributed by atoms with Crippen LogP contribution in [0.5, 0.6) is 0 Å². The van der Waals surface area contributed by atoms with Crippen LogP contribution in [0, 0.1) is 29.1 Å². The van der Waals surface area contributed by atoms with Gasteiger partial charge < -0.3 is 20.3 Å². The van der Waals surface area contributed by atoms with E-state index in [9.17, 15) is 10.2 Å². The average Bonchev–Trinajstić information content (AvgIpc) is 3.43. The van der Waals surface area contributed by atoms with Crippen molar-refractivity contribution in [3.8, 4) is 11.1 Å². The number of allylic oxidation sites excluding steroid dienone is 4. The lowest BCUT2D eigenvalue weighted by Gasteiger charge is -2.50. The van der Waals surface area contributed by atoms with Gasteiger partial charge in [0, 0.05) is 75.4 Å². The Hall–Kier alpha value is -3.65. The van der Waals surface area contributed by atoms with E-state index in [2.05, 4.69) is 66.3 Å². The van der Waals surface area contributed by atoms with Gasteiger partial charge in [-0.25, -0.2) is 0 Å². The molecular weight excluding hydrogens is 536 g/mol. The zero-order valence-electron chi connectivity index (χ0n) is 26.3. The van der Waals surface area contributed by atoms with Gasteiger partial charge in [0.25, 0.3) is 0 Å². The molecule has 0 saturated heterocycles. The van der Waals surface area contributed by atoms with Crippen LogP contribution in [0.2, 0.25) is 0 Å². The van der Waals surface area contributed by atoms with Gasteiger partial charge in [-0.1, -0.05) is 44.2 Å². The Morgan fingerprint density at radius 3 is 2.58 bits per heavy atom. The topological polar surface area (TPSA) is 100 Å². The van der Waals surface area contributed by atoms with Crippen LogP contribution in [0.3, 0.4) is 0 Å². The highest BCUT2D eigenvalue weighted by atomic mass is 16.5. The lowest BCUT2D eigenvalue weighted by atomic mass is 9.57. The summed E-state index contributed by atoms with van der Waals surface area (Å²) < 4.78 is 6.96. The Kier molecular flexibility index (Phi) is 9.86. The zero-order chi connectivity index (χ0) is 30.5. The Labute approximate surface area is 256 Å². The molecule has 8 nitrogen and oxygen atoms in total. The summed E-state index contributed by atoms with van der Waals surface area (Å²) in [5.41, 5.74) is 12.6. The van der Waals surface area contributed by atoms with E-state index in [1.165, 1.54) is 12.0 Å². The number of aromatic nitrogens is 2. The van der Waals surface area contributed by atoms with E-state index in [1.807, 2.05) is 24.1 Å². The first-order valence-corrected chi connectivity index (χ1v) is 15.9. The molecule has 6 rings (SSSR count). The molecule has 4 aliphatic rings. The van der Waals surface area contributed by atoms with E-state index in [-0.39, 0.29) is 5.91 Å². The van der Waals surface area contributed by atoms with Gasteiger partial charge in [-0.2, -0.15) is 5.10 Å². The van der Waals surface area contributed by atoms with Crippen molar-refractivity contribution in [2.24, 2.45) is 36.5 Å². The fourth-order valence-corrected chi connectivity index (χ4v) is 6.92. The molecule has 1 fully saturated rings. The van der Waals surface area contributed by atoms with Crippen LogP contribution >= 0.6 is 0 Å². The maximum absolute atomic E-state index is 12.1. The number of hydrogen-bond donors (Lipinski definition) is 2. The van der Waals surface area contributed by atoms with Crippen LogP contribution in [-0.4, -0.2) is 59.3 Å². The number of nitrogens with one attached hydrogen (secondary N) is 1. The number of nitrogens with zero attached hydrogens (tertiary/aromatic N) is 4. The molecule has 230 valence electrons. The Morgan fingerprint density at radius 1 is 1.14 bits per heavy atom. The van der Waals surface area contributed by atoms with Gasteiger partial charge in [-0.05, 0) is 72.6 Å². The first-order chi connectivity index (χ1) is 20.8. The van der Waals surface area contributed by atoms with Crippen molar-refractivity contribution in [2.45, 2.75) is 52.9 Å². The maximum atomic E-state index is 12.1. The van der Waals surface area contributed by atoms with E-state index >= 15 is 0 Å². The molecule has 1 aromatic carbocycles. The van der Waals surface area contributed by atoms with Gasteiger partial charge in [-0.3, -0.25) is 14.9 Å². The molecule has 2 aromatic rings. The smallest absolute Gasteiger partial charge is 0.219 e. The number of fused-ring (bicyclic) bond motifs is 2. The third-order valence-electron chi connectivity index (χ3n) is 9.33. The van der Waals surface area contributed by atoms with Crippen LogP contribution in [0.1, 0.15) is 52.0 Å². The molecule has 1 aromatic heterocycles. The second kappa shape index (κ2) is 13.8. The average molecular weight is 585 g/mol. The molecule has 2 aliphatic carbocycles. The lowest BCUT2D eigenvalue weighted by molar-refractivity contribution is -0.128. The minimum absolute atomic E-state index is 0.0310. The molecule has 0 spiro atoms. The highest BCUT2D eigenvalue weighted by molar-refractivity contribution is 6.09. The highest BCUT2D eigenvalue weighted by Crippen LogP contribution is 2.50. The largest absolute Gasteiger partial charge is 0.402 e. The van der Waals surface area contributed by atoms with Crippen molar-refractivity contribution in [1.29, 1.82) is 5.41 Å². The molecule has 1 saturated carbocycles. The molecule has 1 amide bonds. The molecule has 8 heteroatoms. The van der Waals surface area contributed by atoms with E-state index in [0.29, 0.717) is 49.0 Å². The number of rotatable bonds is 7. The molecule has 3 N–H and O–H groups in total. The molecule has 0 bridgehead atoms. The minimum Gasteiger partial charge on any atom is -0.402 e. The minimum atomic E-state index is 0.0310. The summed E-state index contributed by atoms with van der Waals surface area (Å²) in [5, 5.41) is 13.6. The molecular formula is C35H48N6O2. The van der Waals surface area contributed by atoms with Crippen LogP contribution in [0.25, 0.3) is 11.1 Å². The molecule has 43 heavy (non-hydrogen) atoms. The summed E-state index contributed by atoms with van der Waals surface area (Å²) in [6.07, 6.45) is 18.1. The van der Waals surface area contributed by atoms with Crippen LogP contribution in [0.15, 0.2) is 66.2 Å². The highest BCUT2D eigenvalue weighted by Gasteiger charge is 2.45. The number of ether oxygens (including phenoxy) is 1. The van der Waals surface area contributed by atoms with Gasteiger partial charge in [0.2, 0.25) is 5.91 Å². The Morgan fingerprint density at radius 2 is 1.91 bits per heavy atom. The maximum Gasteiger partial charge on any atom is 0.219 e. The van der Waals surface area contributed by atoms with Crippen LogP contribution in [-0.2, 0) is 23.0 Å². The standard InChI is InChI=1S/C29H34N6O.C6H14O/c1-18(36)34-10-9-27(30)26(17-34)29(31)35-16-22(25-13-20-5-3-4-6-24(20)25)12-21-11-19(7-8-28(21)35)23-14-32-33(2)15-23;1-3-5-7-6-4-2/h3-8,11,14-15,20,22,24-25,31H,9-10,12-13,16-17,30H2,1-2H3;3-6H2,1-2H3/t20?,22-,24?,25?;/m1./s1. The number of carbonyl (C=O) groups is 1. The summed E-state index contributed by atoms with van der Waals surface area (Å²) in [6, 6.07) is 6.56. The quantitative estimate of drug-likeness (QED) is 0.247. The summed E-state index contributed by atoms with van der Waals surface area (Å²) >= 11 is 0. The number of hydrogen-bond acceptors (Lipinski definition) is 5. The van der Waals surface area contributed by atoms with Gasteiger partial charge in [-0.15, -0.1) is 0 Å². The third-order valence-corrected chi connectivity index (χ3v) is 9.33. The van der Waals surface area contributed by atoms with E-state index < -0.39 is 0 Å². The predicted molar refractivity (Wildman–Crippen MR) is 174 cm³/mol. The predicted octanol–water partition coefficient (Wildman–Crippen LogP) is 5.71. The van der Waals surface area contributed by atoms with Crippen molar-refractivity contribution in [3.05, 3.63) is 71.7 Å². The second-order valence-electron chi connectivity index (χ2n) is 12.4. The molecule has 4 atom stereocenters. The summed E-state index contributed by atoms with van der Waals surface area (Å²) in [7, 11) is 1.94. The Balaban J connectivity index is 0.000000472. The number of anilines is 1. The summed E-state index contributed by atoms with van der Waals surface area (Å²) in [5.74, 6) is 2.77. The van der Waals surface area contributed by atoms with Crippen molar-refractivity contribution < 1.29 is 9.53 Å². The first kappa shape index (κ1) is 30.8. The number of benzene rings is 1. The molecule has 0 radical (unpaired) electrons. The van der Waals surface area contributed by atoms with Crippen molar-refractivity contribution in [2.75, 3.05) is 37.7 Å². The Bertz CT molecular complexity index is 1400. The number of carbonyl (C=O) groups excluding carboxylic acids is 1. The SMILES string of the molecule is CC(=O)N1CCC(N)=C(C(=N)N2C[C@H](C3CC4C=CC=CC43)Cc3cc(-c4cnn(C)c4)ccc32)C1.CCCOCCC. The summed E-state index contributed by atoms with van der Waals surface area (Å²) in [6.45, 7) is 9.52. The second-order valence-corrected chi connectivity index (χ2v) is 12.4. The van der Waals surface area contributed by atoms with E-state index in [0.717, 1.165) is 67.1 Å². The molecule has 3 unspecified atom stereocenters. The van der Waals surface area contributed by atoms with Crippen molar-refractivity contribution in [3.63, 3.8) is 0 Å². The monoisotopic (exact) mass is 584 g/mol. The number of amidine groups is 1. The van der Waals surface area contributed by atoms with Gasteiger partial charge in [0.15, 0.2) is 0 Å².